The Morgan fingerprint density at radius 1 is 1.33 bits per heavy atom. The molecule has 0 saturated heterocycles. The van der Waals surface area contributed by atoms with Crippen LogP contribution < -0.4 is 0 Å². The highest BCUT2D eigenvalue weighted by molar-refractivity contribution is 5.03. The number of hydrogen-bond donors (Lipinski definition) is 0. The second-order valence-corrected chi connectivity index (χ2v) is 3.06. The number of hydrogen-bond acceptors (Lipinski definition) is 2. The Bertz CT molecular complexity index is 137. The van der Waals surface area contributed by atoms with Crippen molar-refractivity contribution < 1.29 is 9.47 Å². The molecular weight excluding hydrogens is 152 g/mol. The average molecular weight is 172 g/mol. The summed E-state index contributed by atoms with van der Waals surface area (Å²) >= 11 is 0. The molecule has 12 heavy (non-hydrogen) atoms. The van der Waals surface area contributed by atoms with Crippen LogP contribution in [-0.4, -0.2) is 20.5 Å². The van der Waals surface area contributed by atoms with Gasteiger partial charge in [-0.1, -0.05) is 19.4 Å². The van der Waals surface area contributed by atoms with E-state index < -0.39 is 0 Å². The third-order valence-electron chi connectivity index (χ3n) is 2.25. The topological polar surface area (TPSA) is 18.5 Å². The molecule has 2 nitrogen and oxygen atoms in total. The van der Waals surface area contributed by atoms with Crippen LogP contribution in [0.4, 0.5) is 0 Å². The molecule has 0 aliphatic rings. The van der Waals surface area contributed by atoms with Crippen LogP contribution in [0.1, 0.15) is 27.2 Å². The van der Waals surface area contributed by atoms with Gasteiger partial charge < -0.3 is 9.47 Å². The quantitative estimate of drug-likeness (QED) is 0.469. The van der Waals surface area contributed by atoms with Crippen molar-refractivity contribution in [1.29, 1.82) is 0 Å². The van der Waals surface area contributed by atoms with E-state index in [-0.39, 0.29) is 6.29 Å². The SMILES string of the molecule is CCC(C)/C(C)=C/C(OC)OC. The number of allylic oxidation sites excluding steroid dienone is 1. The molecule has 2 heteroatoms. The lowest BCUT2D eigenvalue weighted by molar-refractivity contribution is -0.0673. The molecule has 0 aliphatic carbocycles. The first-order valence-corrected chi connectivity index (χ1v) is 4.39. The molecule has 0 rings (SSSR count). The van der Waals surface area contributed by atoms with Gasteiger partial charge in [0.1, 0.15) is 0 Å². The van der Waals surface area contributed by atoms with E-state index in [1.807, 2.05) is 6.08 Å². The largest absolute Gasteiger partial charge is 0.352 e. The molecule has 0 bridgehead atoms. The first-order chi connectivity index (χ1) is 5.65. The zero-order valence-corrected chi connectivity index (χ0v) is 8.76. The molecule has 1 unspecified atom stereocenters. The molecule has 0 saturated carbocycles. The maximum atomic E-state index is 5.07. The zero-order valence-electron chi connectivity index (χ0n) is 8.76. The minimum atomic E-state index is -0.195. The first kappa shape index (κ1) is 11.7. The molecule has 0 N–H and O–H groups in total. The van der Waals surface area contributed by atoms with Gasteiger partial charge in [0.15, 0.2) is 6.29 Å². The molecule has 0 radical (unpaired) electrons. The summed E-state index contributed by atoms with van der Waals surface area (Å²) in [5.41, 5.74) is 1.33. The molecule has 0 heterocycles. The Morgan fingerprint density at radius 2 is 1.83 bits per heavy atom. The van der Waals surface area contributed by atoms with Gasteiger partial charge in [-0.3, -0.25) is 0 Å². The molecule has 0 aromatic rings. The fourth-order valence-corrected chi connectivity index (χ4v) is 0.933. The van der Waals surface area contributed by atoms with Crippen LogP contribution in [0.5, 0.6) is 0 Å². The van der Waals surface area contributed by atoms with Gasteiger partial charge in [-0.2, -0.15) is 0 Å². The zero-order chi connectivity index (χ0) is 9.56. The van der Waals surface area contributed by atoms with Gasteiger partial charge in [0.05, 0.1) is 0 Å². The van der Waals surface area contributed by atoms with Crippen LogP contribution in [0.15, 0.2) is 11.6 Å². The molecule has 0 aromatic carbocycles. The number of methoxy groups -OCH3 is 2. The average Bonchev–Trinajstić information content (AvgIpc) is 2.12. The van der Waals surface area contributed by atoms with Crippen molar-refractivity contribution in [2.75, 3.05) is 14.2 Å². The van der Waals surface area contributed by atoms with Crippen LogP contribution in [0.3, 0.4) is 0 Å². The summed E-state index contributed by atoms with van der Waals surface area (Å²) in [6, 6.07) is 0. The lowest BCUT2D eigenvalue weighted by Crippen LogP contribution is -2.11. The van der Waals surface area contributed by atoms with E-state index in [0.717, 1.165) is 6.42 Å². The molecular formula is C10H20O2. The van der Waals surface area contributed by atoms with Gasteiger partial charge in [-0.25, -0.2) is 0 Å². The van der Waals surface area contributed by atoms with Gasteiger partial charge in [0.25, 0.3) is 0 Å². The number of rotatable bonds is 5. The van der Waals surface area contributed by atoms with Crippen molar-refractivity contribution in [2.24, 2.45) is 5.92 Å². The molecule has 0 aromatic heterocycles. The van der Waals surface area contributed by atoms with E-state index in [2.05, 4.69) is 20.8 Å². The second kappa shape index (κ2) is 6.21. The lowest BCUT2D eigenvalue weighted by Gasteiger charge is -2.13. The van der Waals surface area contributed by atoms with Gasteiger partial charge in [-0.15, -0.1) is 0 Å². The standard InChI is InChI=1S/C10H20O2/c1-6-8(2)9(3)7-10(11-4)12-5/h7-8,10H,6H2,1-5H3/b9-7+. The third-order valence-corrected chi connectivity index (χ3v) is 2.25. The summed E-state index contributed by atoms with van der Waals surface area (Å²) in [7, 11) is 3.29. The second-order valence-electron chi connectivity index (χ2n) is 3.06. The predicted molar refractivity (Wildman–Crippen MR) is 51.0 cm³/mol. The summed E-state index contributed by atoms with van der Waals surface area (Å²) in [4.78, 5) is 0. The van der Waals surface area contributed by atoms with Gasteiger partial charge >= 0.3 is 0 Å². The fraction of sp³-hybridized carbons (Fsp3) is 0.800. The third kappa shape index (κ3) is 3.88. The van der Waals surface area contributed by atoms with Crippen LogP contribution in [-0.2, 0) is 9.47 Å². The maximum Gasteiger partial charge on any atom is 0.176 e. The van der Waals surface area contributed by atoms with Crippen molar-refractivity contribution in [3.05, 3.63) is 11.6 Å². The normalized spacial score (nSPS) is 15.3. The van der Waals surface area contributed by atoms with Crippen molar-refractivity contribution in [3.8, 4) is 0 Å². The Hall–Kier alpha value is -0.340. The van der Waals surface area contributed by atoms with Crippen molar-refractivity contribution in [3.63, 3.8) is 0 Å². The van der Waals surface area contributed by atoms with Crippen molar-refractivity contribution in [2.45, 2.75) is 33.5 Å². The summed E-state index contributed by atoms with van der Waals surface area (Å²) in [5, 5.41) is 0. The van der Waals surface area contributed by atoms with Gasteiger partial charge in [-0.05, 0) is 25.3 Å². The Morgan fingerprint density at radius 3 is 2.17 bits per heavy atom. The van der Waals surface area contributed by atoms with E-state index in [0.29, 0.717) is 5.92 Å². The smallest absolute Gasteiger partial charge is 0.176 e. The summed E-state index contributed by atoms with van der Waals surface area (Å²) < 4.78 is 10.1. The van der Waals surface area contributed by atoms with Crippen LogP contribution in [0.25, 0.3) is 0 Å². The van der Waals surface area contributed by atoms with E-state index >= 15 is 0 Å². The molecule has 0 spiro atoms. The van der Waals surface area contributed by atoms with Crippen molar-refractivity contribution >= 4 is 0 Å². The minimum Gasteiger partial charge on any atom is -0.352 e. The van der Waals surface area contributed by atoms with E-state index in [4.69, 9.17) is 9.47 Å². The predicted octanol–water partition coefficient (Wildman–Crippen LogP) is 2.60. The minimum absolute atomic E-state index is 0.195. The summed E-state index contributed by atoms with van der Waals surface area (Å²) in [5.74, 6) is 0.609. The number of ether oxygens (including phenoxy) is 2. The summed E-state index contributed by atoms with van der Waals surface area (Å²) in [6.45, 7) is 6.49. The van der Waals surface area contributed by atoms with Crippen molar-refractivity contribution in [1.82, 2.24) is 0 Å². The Balaban J connectivity index is 4.11. The fourth-order valence-electron chi connectivity index (χ4n) is 0.933. The highest BCUT2D eigenvalue weighted by atomic mass is 16.7. The maximum absolute atomic E-state index is 5.07. The monoisotopic (exact) mass is 172 g/mol. The highest BCUT2D eigenvalue weighted by Crippen LogP contribution is 2.14. The lowest BCUT2D eigenvalue weighted by atomic mass is 10.00. The molecule has 0 fully saturated rings. The molecule has 72 valence electrons. The van der Waals surface area contributed by atoms with E-state index in [9.17, 15) is 0 Å². The molecule has 1 atom stereocenters. The Kier molecular flexibility index (Phi) is 6.03. The van der Waals surface area contributed by atoms with Gasteiger partial charge in [0.2, 0.25) is 0 Å². The van der Waals surface area contributed by atoms with E-state index in [1.165, 1.54) is 5.57 Å². The Labute approximate surface area is 75.6 Å². The van der Waals surface area contributed by atoms with Crippen LogP contribution in [0.2, 0.25) is 0 Å². The summed E-state index contributed by atoms with van der Waals surface area (Å²) in [6.07, 6.45) is 2.98. The molecule has 0 amide bonds. The highest BCUT2D eigenvalue weighted by Gasteiger charge is 2.05. The first-order valence-electron chi connectivity index (χ1n) is 4.39. The van der Waals surface area contributed by atoms with Crippen LogP contribution >= 0.6 is 0 Å². The van der Waals surface area contributed by atoms with Crippen LogP contribution in [0, 0.1) is 5.92 Å². The van der Waals surface area contributed by atoms with E-state index in [1.54, 1.807) is 14.2 Å². The van der Waals surface area contributed by atoms with Gasteiger partial charge in [0, 0.05) is 14.2 Å². The molecule has 0 aliphatic heterocycles.